The number of alkyl halides is 1. The van der Waals surface area contributed by atoms with Crippen LogP contribution in [0.4, 0.5) is 0 Å². The summed E-state index contributed by atoms with van der Waals surface area (Å²) in [5.41, 5.74) is 2.17. The molecule has 1 heterocycles. The number of ether oxygens (including phenoxy) is 4. The average Bonchev–Trinajstić information content (AvgIpc) is 2.69. The molecule has 0 aromatic heterocycles. The highest BCUT2D eigenvalue weighted by Gasteiger charge is 2.46. The maximum Gasteiger partial charge on any atom is 0.304 e. The Labute approximate surface area is 179 Å². The van der Waals surface area contributed by atoms with Crippen molar-refractivity contribution >= 4 is 28.6 Å². The van der Waals surface area contributed by atoms with Crippen LogP contribution in [0.25, 0.3) is 0 Å². The number of halogens is 1. The molecule has 6 heteroatoms. The third kappa shape index (κ3) is 5.76. The Hall–Kier alpha value is -1.48. The molecule has 0 radical (unpaired) electrons. The first-order valence-electron chi connectivity index (χ1n) is 9.32. The van der Waals surface area contributed by atoms with Gasteiger partial charge in [0.2, 0.25) is 6.29 Å². The Morgan fingerprint density at radius 1 is 0.929 bits per heavy atom. The van der Waals surface area contributed by atoms with Crippen molar-refractivity contribution in [2.75, 3.05) is 0 Å². The van der Waals surface area contributed by atoms with Gasteiger partial charge in [-0.05, 0) is 18.1 Å². The zero-order chi connectivity index (χ0) is 19.9. The quantitative estimate of drug-likeness (QED) is 0.326. The molecule has 0 bridgehead atoms. The van der Waals surface area contributed by atoms with Crippen LogP contribution >= 0.6 is 22.6 Å². The van der Waals surface area contributed by atoms with Crippen molar-refractivity contribution in [1.82, 2.24) is 0 Å². The van der Waals surface area contributed by atoms with E-state index in [2.05, 4.69) is 22.6 Å². The van der Waals surface area contributed by atoms with Gasteiger partial charge in [-0.2, -0.15) is 0 Å². The van der Waals surface area contributed by atoms with Crippen LogP contribution in [0, 0.1) is 0 Å². The number of rotatable bonds is 7. The highest BCUT2D eigenvalue weighted by Crippen LogP contribution is 2.32. The summed E-state index contributed by atoms with van der Waals surface area (Å²) in [7, 11) is 0. The highest BCUT2D eigenvalue weighted by molar-refractivity contribution is 14.1. The fraction of sp³-hybridized carbons (Fsp3) is 0.409. The number of benzene rings is 2. The molecule has 150 valence electrons. The first kappa shape index (κ1) is 21.2. The van der Waals surface area contributed by atoms with Crippen LogP contribution in [-0.2, 0) is 37.0 Å². The van der Waals surface area contributed by atoms with E-state index in [1.54, 1.807) is 0 Å². The minimum absolute atomic E-state index is 0.192. The summed E-state index contributed by atoms with van der Waals surface area (Å²) in [5, 5.41) is 0. The Kier molecular flexibility index (Phi) is 7.84. The van der Waals surface area contributed by atoms with Gasteiger partial charge in [-0.3, -0.25) is 4.79 Å². The Balaban J connectivity index is 1.72. The fourth-order valence-electron chi connectivity index (χ4n) is 3.17. The molecular formula is C22H25IO5. The molecule has 5 atom stereocenters. The fourth-order valence-corrected chi connectivity index (χ4v) is 4.11. The zero-order valence-electron chi connectivity index (χ0n) is 16.0. The molecule has 2 aromatic carbocycles. The number of carbonyl (C=O) groups is 1. The van der Waals surface area contributed by atoms with Gasteiger partial charge in [0.1, 0.15) is 16.1 Å². The van der Waals surface area contributed by atoms with E-state index in [0.29, 0.717) is 13.2 Å². The predicted molar refractivity (Wildman–Crippen MR) is 114 cm³/mol. The number of hydrogen-bond donors (Lipinski definition) is 0. The van der Waals surface area contributed by atoms with E-state index < -0.39 is 6.29 Å². The lowest BCUT2D eigenvalue weighted by atomic mass is 10.0. The van der Waals surface area contributed by atoms with E-state index in [1.807, 2.05) is 67.6 Å². The predicted octanol–water partition coefficient (Wildman–Crippen LogP) is 4.27. The summed E-state index contributed by atoms with van der Waals surface area (Å²) in [6.45, 7) is 4.23. The van der Waals surface area contributed by atoms with Crippen molar-refractivity contribution in [3.63, 3.8) is 0 Å². The molecule has 0 amide bonds. The van der Waals surface area contributed by atoms with Gasteiger partial charge in [-0.15, -0.1) is 0 Å². The smallest absolute Gasteiger partial charge is 0.304 e. The molecule has 0 unspecified atom stereocenters. The molecular weight excluding hydrogens is 471 g/mol. The highest BCUT2D eigenvalue weighted by atomic mass is 127. The maximum absolute atomic E-state index is 11.5. The number of esters is 1. The third-order valence-electron chi connectivity index (χ3n) is 4.56. The normalized spacial score (nSPS) is 27.3. The summed E-state index contributed by atoms with van der Waals surface area (Å²) in [5.74, 6) is -0.371. The van der Waals surface area contributed by atoms with Crippen LogP contribution in [-0.4, -0.2) is 34.5 Å². The van der Waals surface area contributed by atoms with Gasteiger partial charge in [-0.1, -0.05) is 83.3 Å². The molecule has 5 nitrogen and oxygen atoms in total. The van der Waals surface area contributed by atoms with Crippen LogP contribution in [0.1, 0.15) is 25.0 Å². The lowest BCUT2D eigenvalue weighted by Gasteiger charge is -2.42. The summed E-state index contributed by atoms with van der Waals surface area (Å²) >= 11 is 2.23. The van der Waals surface area contributed by atoms with Crippen molar-refractivity contribution < 1.29 is 23.7 Å². The van der Waals surface area contributed by atoms with Crippen molar-refractivity contribution in [1.29, 1.82) is 0 Å². The molecule has 3 rings (SSSR count). The average molecular weight is 496 g/mol. The largest absolute Gasteiger partial charge is 0.435 e. The molecule has 0 spiro atoms. The lowest BCUT2D eigenvalue weighted by Crippen LogP contribution is -2.57. The molecule has 28 heavy (non-hydrogen) atoms. The van der Waals surface area contributed by atoms with Crippen molar-refractivity contribution in [2.45, 2.75) is 55.6 Å². The molecule has 1 aliphatic rings. The van der Waals surface area contributed by atoms with Crippen LogP contribution in [0.5, 0.6) is 0 Å². The van der Waals surface area contributed by atoms with Gasteiger partial charge in [0.25, 0.3) is 0 Å². The van der Waals surface area contributed by atoms with Gasteiger partial charge >= 0.3 is 5.97 Å². The van der Waals surface area contributed by atoms with E-state index in [9.17, 15) is 4.79 Å². The lowest BCUT2D eigenvalue weighted by molar-refractivity contribution is -0.252. The minimum Gasteiger partial charge on any atom is -0.435 e. The Morgan fingerprint density at radius 3 is 1.93 bits per heavy atom. The number of carbonyl (C=O) groups excluding carboxylic acids is 1. The monoisotopic (exact) mass is 496 g/mol. The topological polar surface area (TPSA) is 54.0 Å². The summed E-state index contributed by atoms with van der Waals surface area (Å²) in [6, 6.07) is 20.0. The van der Waals surface area contributed by atoms with Crippen molar-refractivity contribution in [3.8, 4) is 0 Å². The van der Waals surface area contributed by atoms with Crippen molar-refractivity contribution in [2.24, 2.45) is 0 Å². The Morgan fingerprint density at radius 2 is 1.43 bits per heavy atom. The molecule has 1 fully saturated rings. The van der Waals surface area contributed by atoms with Gasteiger partial charge < -0.3 is 18.9 Å². The van der Waals surface area contributed by atoms with Gasteiger partial charge in [0.15, 0.2) is 0 Å². The van der Waals surface area contributed by atoms with Crippen LogP contribution in [0.3, 0.4) is 0 Å². The van der Waals surface area contributed by atoms with Crippen LogP contribution < -0.4 is 0 Å². The van der Waals surface area contributed by atoms with Gasteiger partial charge in [-0.25, -0.2) is 0 Å². The molecule has 0 aliphatic carbocycles. The number of hydrogen-bond acceptors (Lipinski definition) is 5. The second-order valence-electron chi connectivity index (χ2n) is 6.79. The zero-order valence-corrected chi connectivity index (χ0v) is 18.2. The summed E-state index contributed by atoms with van der Waals surface area (Å²) in [6.07, 6.45) is -1.50. The van der Waals surface area contributed by atoms with E-state index in [4.69, 9.17) is 18.9 Å². The second-order valence-corrected chi connectivity index (χ2v) is 8.22. The first-order chi connectivity index (χ1) is 13.5. The summed E-state index contributed by atoms with van der Waals surface area (Å²) < 4.78 is 23.6. The molecule has 1 saturated heterocycles. The van der Waals surface area contributed by atoms with E-state index in [-0.39, 0.29) is 28.2 Å². The minimum atomic E-state index is -0.662. The van der Waals surface area contributed by atoms with Crippen LogP contribution in [0.15, 0.2) is 60.7 Å². The van der Waals surface area contributed by atoms with Gasteiger partial charge in [0, 0.05) is 6.92 Å². The second kappa shape index (κ2) is 10.3. The van der Waals surface area contributed by atoms with Gasteiger partial charge in [0.05, 0.1) is 19.3 Å². The van der Waals surface area contributed by atoms with Crippen LogP contribution in [0.2, 0.25) is 0 Å². The third-order valence-corrected chi connectivity index (χ3v) is 5.86. The van der Waals surface area contributed by atoms with E-state index in [0.717, 1.165) is 11.1 Å². The Bertz CT molecular complexity index is 739. The SMILES string of the molecule is CC(=O)O[C@H]1O[C@@H](C)[C@H](OCc2ccccc2)[C@@H](OCc2ccccc2)[C@@H]1I. The molecule has 2 aromatic rings. The maximum atomic E-state index is 11.5. The van der Waals surface area contributed by atoms with Crippen molar-refractivity contribution in [3.05, 3.63) is 71.8 Å². The molecule has 0 saturated carbocycles. The molecule has 0 N–H and O–H groups in total. The van der Waals surface area contributed by atoms with E-state index in [1.165, 1.54) is 6.92 Å². The first-order valence-corrected chi connectivity index (χ1v) is 10.6. The summed E-state index contributed by atoms with van der Waals surface area (Å²) in [4.78, 5) is 11.5. The standard InChI is InChI=1S/C22H25IO5/c1-15-20(25-13-17-9-5-3-6-10-17)21(19(23)22(27-15)28-16(2)24)26-14-18-11-7-4-8-12-18/h3-12,15,19-22H,13-14H2,1-2H3/t15-,19-,20-,21-,22+/m0/s1. The molecule has 1 aliphatic heterocycles. The van der Waals surface area contributed by atoms with E-state index >= 15 is 0 Å².